The molecule has 1 atom stereocenters. The Balaban J connectivity index is 5.27. The fourth-order valence-corrected chi connectivity index (χ4v) is 5.77. The van der Waals surface area contributed by atoms with E-state index in [1.807, 2.05) is 21.1 Å². The third-order valence-electron chi connectivity index (χ3n) is 8.26. The highest BCUT2D eigenvalue weighted by Gasteiger charge is 2.46. The first-order valence-electron chi connectivity index (χ1n) is 17.1. The average molecular weight is 584 g/mol. The second-order valence-corrected chi connectivity index (χ2v) is 13.3. The monoisotopic (exact) mass is 584 g/mol. The number of quaternary nitrogens is 1. The van der Waals surface area contributed by atoms with Crippen molar-refractivity contribution in [3.05, 3.63) is 0 Å². The number of amides is 1. The smallest absolute Gasteiger partial charge is 0.329 e. The van der Waals surface area contributed by atoms with Gasteiger partial charge in [0.1, 0.15) is 5.54 Å². The standard InChI is InChI=1S/C34H66N2O5/c1-6-8-10-12-14-16-18-20-22-24-27-34(33(40)41,28-26-32(38)39)35(31(37)30-36(3,4)5)29-25-23-21-19-17-15-13-11-9-7-2/h6-30H2,1-5H3,(H-,38,39,40,41)/p+1/t34-/m1/s1. The maximum Gasteiger partial charge on any atom is 0.329 e. The summed E-state index contributed by atoms with van der Waals surface area (Å²) in [5.41, 5.74) is -1.47. The predicted octanol–water partition coefficient (Wildman–Crippen LogP) is 8.44. The number of carbonyl (C=O) groups is 3. The van der Waals surface area contributed by atoms with E-state index in [4.69, 9.17) is 0 Å². The topological polar surface area (TPSA) is 94.9 Å². The summed E-state index contributed by atoms with van der Waals surface area (Å²) >= 11 is 0. The van der Waals surface area contributed by atoms with E-state index in [-0.39, 0.29) is 25.3 Å². The van der Waals surface area contributed by atoms with Gasteiger partial charge in [0.15, 0.2) is 6.54 Å². The third kappa shape index (κ3) is 20.0. The predicted molar refractivity (Wildman–Crippen MR) is 170 cm³/mol. The molecule has 0 spiro atoms. The Kier molecular flexibility index (Phi) is 22.9. The summed E-state index contributed by atoms with van der Waals surface area (Å²) in [6.07, 6.45) is 23.0. The molecule has 7 nitrogen and oxygen atoms in total. The number of carboxylic acids is 2. The molecular weight excluding hydrogens is 516 g/mol. The molecule has 41 heavy (non-hydrogen) atoms. The first-order valence-corrected chi connectivity index (χ1v) is 17.1. The Hall–Kier alpha value is -1.63. The summed E-state index contributed by atoms with van der Waals surface area (Å²) in [6.45, 7) is 5.02. The van der Waals surface area contributed by atoms with Crippen LogP contribution in [0.5, 0.6) is 0 Å². The molecule has 1 amide bonds. The van der Waals surface area contributed by atoms with Crippen molar-refractivity contribution >= 4 is 17.8 Å². The van der Waals surface area contributed by atoms with E-state index in [0.717, 1.165) is 38.5 Å². The SMILES string of the molecule is CCCCCCCCCCCCN(C(=O)C[N+](C)(C)C)[C@](CCCCCCCCCCCC)(CCC(=O)O)C(=O)O. The second-order valence-electron chi connectivity index (χ2n) is 13.3. The van der Waals surface area contributed by atoms with Crippen LogP contribution in [0.25, 0.3) is 0 Å². The van der Waals surface area contributed by atoms with Crippen LogP contribution in [0.2, 0.25) is 0 Å². The number of unbranched alkanes of at least 4 members (excludes halogenated alkanes) is 18. The van der Waals surface area contributed by atoms with Crippen LogP contribution in [0.3, 0.4) is 0 Å². The molecule has 2 N–H and O–H groups in total. The number of rotatable bonds is 29. The van der Waals surface area contributed by atoms with Crippen molar-refractivity contribution in [1.29, 1.82) is 0 Å². The van der Waals surface area contributed by atoms with Gasteiger partial charge in [-0.05, 0) is 19.3 Å². The van der Waals surface area contributed by atoms with Gasteiger partial charge in [-0.1, -0.05) is 136 Å². The van der Waals surface area contributed by atoms with E-state index >= 15 is 0 Å². The van der Waals surface area contributed by atoms with E-state index in [1.165, 1.54) is 83.5 Å². The minimum Gasteiger partial charge on any atom is -0.481 e. The molecule has 0 aliphatic heterocycles. The van der Waals surface area contributed by atoms with E-state index in [2.05, 4.69) is 13.8 Å². The van der Waals surface area contributed by atoms with Crippen molar-refractivity contribution in [1.82, 2.24) is 4.90 Å². The van der Waals surface area contributed by atoms with Gasteiger partial charge in [0, 0.05) is 13.0 Å². The molecule has 0 aliphatic carbocycles. The van der Waals surface area contributed by atoms with Crippen LogP contribution in [0, 0.1) is 0 Å². The van der Waals surface area contributed by atoms with Crippen LogP contribution < -0.4 is 0 Å². The van der Waals surface area contributed by atoms with Crippen LogP contribution in [0.1, 0.15) is 162 Å². The highest BCUT2D eigenvalue weighted by atomic mass is 16.4. The molecule has 0 heterocycles. The molecule has 0 bridgehead atoms. The lowest BCUT2D eigenvalue weighted by Crippen LogP contribution is -2.60. The highest BCUT2D eigenvalue weighted by Crippen LogP contribution is 2.31. The molecule has 0 rings (SSSR count). The van der Waals surface area contributed by atoms with Crippen LogP contribution in [0.4, 0.5) is 0 Å². The Morgan fingerprint density at radius 3 is 1.34 bits per heavy atom. The lowest BCUT2D eigenvalue weighted by molar-refractivity contribution is -0.862. The summed E-state index contributed by atoms with van der Waals surface area (Å²) in [5.74, 6) is -2.26. The number of carbonyl (C=O) groups excluding carboxylic acids is 1. The average Bonchev–Trinajstić information content (AvgIpc) is 2.89. The Morgan fingerprint density at radius 1 is 0.585 bits per heavy atom. The Labute approximate surface area is 253 Å². The van der Waals surface area contributed by atoms with Crippen LogP contribution in [-0.4, -0.2) is 77.2 Å². The summed E-state index contributed by atoms with van der Waals surface area (Å²) in [4.78, 5) is 39.7. The van der Waals surface area contributed by atoms with Crippen LogP contribution in [-0.2, 0) is 14.4 Å². The molecule has 242 valence electrons. The van der Waals surface area contributed by atoms with Gasteiger partial charge in [0.05, 0.1) is 21.1 Å². The van der Waals surface area contributed by atoms with Gasteiger partial charge < -0.3 is 19.6 Å². The summed E-state index contributed by atoms with van der Waals surface area (Å²) in [6, 6.07) is 0. The van der Waals surface area contributed by atoms with Crippen molar-refractivity contribution < 1.29 is 29.1 Å². The van der Waals surface area contributed by atoms with Crippen molar-refractivity contribution in [2.24, 2.45) is 0 Å². The maximum atomic E-state index is 13.6. The molecule has 0 aromatic carbocycles. The van der Waals surface area contributed by atoms with Crippen molar-refractivity contribution in [3.63, 3.8) is 0 Å². The molecule has 7 heteroatoms. The fourth-order valence-electron chi connectivity index (χ4n) is 5.77. The molecule has 0 aromatic rings. The van der Waals surface area contributed by atoms with E-state index < -0.39 is 17.5 Å². The van der Waals surface area contributed by atoms with Gasteiger partial charge in [-0.25, -0.2) is 4.79 Å². The van der Waals surface area contributed by atoms with Crippen molar-refractivity contribution in [3.8, 4) is 0 Å². The minimum absolute atomic E-state index is 0.0459. The summed E-state index contributed by atoms with van der Waals surface area (Å²) in [5, 5.41) is 20.0. The van der Waals surface area contributed by atoms with E-state index in [9.17, 15) is 24.6 Å². The first kappa shape index (κ1) is 39.4. The lowest BCUT2D eigenvalue weighted by Gasteiger charge is -2.42. The largest absolute Gasteiger partial charge is 0.481 e. The Bertz CT molecular complexity index is 691. The molecule has 0 saturated heterocycles. The van der Waals surface area contributed by atoms with Gasteiger partial charge in [0.2, 0.25) is 0 Å². The quantitative estimate of drug-likeness (QED) is 0.0680. The number of hydrogen-bond donors (Lipinski definition) is 2. The van der Waals surface area contributed by atoms with Crippen molar-refractivity contribution in [2.75, 3.05) is 34.2 Å². The first-order chi connectivity index (χ1) is 19.5. The lowest BCUT2D eigenvalue weighted by atomic mass is 9.84. The normalized spacial score (nSPS) is 13.2. The third-order valence-corrected chi connectivity index (χ3v) is 8.26. The van der Waals surface area contributed by atoms with Crippen LogP contribution >= 0.6 is 0 Å². The number of carboxylic acid groups (broad SMARTS) is 2. The van der Waals surface area contributed by atoms with Gasteiger partial charge in [-0.15, -0.1) is 0 Å². The highest BCUT2D eigenvalue weighted by molar-refractivity contribution is 5.88. The molecule has 0 saturated carbocycles. The summed E-state index contributed by atoms with van der Waals surface area (Å²) < 4.78 is 0.403. The molecule has 0 aromatic heterocycles. The molecule has 0 fully saturated rings. The number of nitrogens with zero attached hydrogens (tertiary/aromatic N) is 2. The fraction of sp³-hybridized carbons (Fsp3) is 0.912. The van der Waals surface area contributed by atoms with E-state index in [0.29, 0.717) is 23.9 Å². The Morgan fingerprint density at radius 2 is 0.976 bits per heavy atom. The van der Waals surface area contributed by atoms with Gasteiger partial charge in [-0.2, -0.15) is 0 Å². The van der Waals surface area contributed by atoms with Gasteiger partial charge >= 0.3 is 11.9 Å². The van der Waals surface area contributed by atoms with Crippen molar-refractivity contribution in [2.45, 2.75) is 167 Å². The molecule has 0 unspecified atom stereocenters. The number of hydrogen-bond acceptors (Lipinski definition) is 3. The second kappa shape index (κ2) is 23.9. The van der Waals surface area contributed by atoms with Gasteiger partial charge in [-0.3, -0.25) is 9.59 Å². The molecular formula is C34H67N2O5+. The zero-order valence-electron chi connectivity index (χ0n) is 27.7. The summed E-state index contributed by atoms with van der Waals surface area (Å²) in [7, 11) is 5.79. The van der Waals surface area contributed by atoms with Gasteiger partial charge in [0.25, 0.3) is 5.91 Å². The maximum absolute atomic E-state index is 13.6. The van der Waals surface area contributed by atoms with E-state index in [1.54, 1.807) is 4.90 Å². The van der Waals surface area contributed by atoms with Crippen LogP contribution in [0.15, 0.2) is 0 Å². The molecule has 0 aliphatic rings. The number of likely N-dealkylation sites (N-methyl/N-ethyl adjacent to an activating group) is 1. The zero-order chi connectivity index (χ0) is 31.0. The zero-order valence-corrected chi connectivity index (χ0v) is 27.7. The minimum atomic E-state index is -1.47. The molecule has 0 radical (unpaired) electrons. The number of aliphatic carboxylic acids is 2.